The Labute approximate surface area is 147 Å². The molecule has 0 saturated carbocycles. The molecule has 0 spiro atoms. The molecule has 2 aromatic rings. The van der Waals surface area contributed by atoms with Crippen LogP contribution >= 0.6 is 23.7 Å². The highest BCUT2D eigenvalue weighted by atomic mass is 35.5. The van der Waals surface area contributed by atoms with E-state index in [0.29, 0.717) is 17.3 Å². The van der Waals surface area contributed by atoms with Crippen molar-refractivity contribution < 1.29 is 9.18 Å². The van der Waals surface area contributed by atoms with Crippen LogP contribution in [0.2, 0.25) is 0 Å². The fourth-order valence-electron chi connectivity index (χ4n) is 2.35. The molecule has 1 amide bonds. The highest BCUT2D eigenvalue weighted by Crippen LogP contribution is 2.32. The third-order valence-electron chi connectivity index (χ3n) is 4.09. The maximum atomic E-state index is 13.4. The van der Waals surface area contributed by atoms with Crippen LogP contribution in [-0.4, -0.2) is 30.4 Å². The van der Waals surface area contributed by atoms with Crippen LogP contribution in [0.3, 0.4) is 0 Å². The molecule has 2 N–H and O–H groups in total. The highest BCUT2D eigenvalue weighted by molar-refractivity contribution is 7.21. The predicted octanol–water partition coefficient (Wildman–Crippen LogP) is 4.22. The van der Waals surface area contributed by atoms with E-state index in [-0.39, 0.29) is 30.2 Å². The lowest BCUT2D eigenvalue weighted by Crippen LogP contribution is -2.34. The third-order valence-corrected chi connectivity index (χ3v) is 5.35. The molecule has 128 valence electrons. The molecule has 1 aromatic heterocycles. The number of fused-ring (bicyclic) bond motifs is 1. The Morgan fingerprint density at radius 2 is 2.04 bits per heavy atom. The Kier molecular flexibility index (Phi) is 6.99. The SMILES string of the molecule is Cc1c(C(=O)N(C)CCC(N)C(C)C)sc2ccc(F)cc12.Cl. The maximum absolute atomic E-state index is 13.4. The van der Waals surface area contributed by atoms with Crippen molar-refractivity contribution in [2.24, 2.45) is 11.7 Å². The Balaban J connectivity index is 0.00000264. The van der Waals surface area contributed by atoms with Crippen LogP contribution in [0.25, 0.3) is 10.1 Å². The minimum absolute atomic E-state index is 0. The Morgan fingerprint density at radius 3 is 2.65 bits per heavy atom. The number of hydrogen-bond acceptors (Lipinski definition) is 3. The molecule has 3 nitrogen and oxygen atoms in total. The average Bonchev–Trinajstić information content (AvgIpc) is 2.80. The number of nitrogens with two attached hydrogens (primary N) is 1. The van der Waals surface area contributed by atoms with E-state index < -0.39 is 0 Å². The van der Waals surface area contributed by atoms with Crippen LogP contribution in [0.1, 0.15) is 35.5 Å². The Morgan fingerprint density at radius 1 is 1.39 bits per heavy atom. The van der Waals surface area contributed by atoms with Gasteiger partial charge in [-0.2, -0.15) is 0 Å². The van der Waals surface area contributed by atoms with E-state index in [1.807, 2.05) is 6.92 Å². The number of aryl methyl sites for hydroxylation is 1. The molecule has 0 fully saturated rings. The van der Waals surface area contributed by atoms with Crippen molar-refractivity contribution in [3.8, 4) is 0 Å². The molecule has 0 aliphatic rings. The molecular weight excluding hydrogens is 335 g/mol. The molecule has 1 aromatic carbocycles. The molecular formula is C17H24ClFN2OS. The van der Waals surface area contributed by atoms with Gasteiger partial charge in [0.15, 0.2) is 0 Å². The number of thiophene rings is 1. The van der Waals surface area contributed by atoms with Gasteiger partial charge in [-0.05, 0) is 48.4 Å². The lowest BCUT2D eigenvalue weighted by atomic mass is 10.0. The molecule has 23 heavy (non-hydrogen) atoms. The summed E-state index contributed by atoms with van der Waals surface area (Å²) in [6.45, 7) is 6.66. The van der Waals surface area contributed by atoms with E-state index in [2.05, 4.69) is 13.8 Å². The summed E-state index contributed by atoms with van der Waals surface area (Å²) in [7, 11) is 1.79. The van der Waals surface area contributed by atoms with Gasteiger partial charge >= 0.3 is 0 Å². The monoisotopic (exact) mass is 358 g/mol. The second-order valence-electron chi connectivity index (χ2n) is 6.12. The molecule has 0 saturated heterocycles. The molecule has 2 rings (SSSR count). The summed E-state index contributed by atoms with van der Waals surface area (Å²) < 4.78 is 14.3. The number of nitrogens with zero attached hydrogens (tertiary/aromatic N) is 1. The molecule has 1 unspecified atom stereocenters. The summed E-state index contributed by atoms with van der Waals surface area (Å²) in [6.07, 6.45) is 0.776. The number of hydrogen-bond donors (Lipinski definition) is 1. The first-order valence-electron chi connectivity index (χ1n) is 7.51. The van der Waals surface area contributed by atoms with Crippen molar-refractivity contribution in [3.05, 3.63) is 34.5 Å². The van der Waals surface area contributed by atoms with Crippen LogP contribution in [0.5, 0.6) is 0 Å². The maximum Gasteiger partial charge on any atom is 0.263 e. The van der Waals surface area contributed by atoms with Crippen LogP contribution < -0.4 is 5.73 Å². The predicted molar refractivity (Wildman–Crippen MR) is 98.2 cm³/mol. The summed E-state index contributed by atoms with van der Waals surface area (Å²) in [5.41, 5.74) is 6.89. The van der Waals surface area contributed by atoms with E-state index in [0.717, 1.165) is 22.1 Å². The first-order valence-corrected chi connectivity index (χ1v) is 8.32. The minimum atomic E-state index is -0.274. The Bertz CT molecular complexity index is 687. The molecule has 0 radical (unpaired) electrons. The lowest BCUT2D eigenvalue weighted by molar-refractivity contribution is 0.0793. The molecule has 6 heteroatoms. The van der Waals surface area contributed by atoms with Gasteiger partial charge in [-0.25, -0.2) is 4.39 Å². The van der Waals surface area contributed by atoms with E-state index >= 15 is 0 Å². The summed E-state index contributed by atoms with van der Waals surface area (Å²) in [5, 5.41) is 0.820. The van der Waals surface area contributed by atoms with Crippen LogP contribution in [0.15, 0.2) is 18.2 Å². The fraction of sp³-hybridized carbons (Fsp3) is 0.471. The molecule has 1 atom stereocenters. The molecule has 0 aliphatic carbocycles. The first kappa shape index (κ1) is 19.9. The van der Waals surface area contributed by atoms with Crippen molar-refractivity contribution in [3.63, 3.8) is 0 Å². The first-order chi connectivity index (χ1) is 10.3. The highest BCUT2D eigenvalue weighted by Gasteiger charge is 2.20. The number of rotatable bonds is 5. The lowest BCUT2D eigenvalue weighted by Gasteiger charge is -2.21. The topological polar surface area (TPSA) is 46.3 Å². The van der Waals surface area contributed by atoms with Crippen LogP contribution in [0.4, 0.5) is 4.39 Å². The van der Waals surface area contributed by atoms with Gasteiger partial charge in [0, 0.05) is 24.3 Å². The van der Waals surface area contributed by atoms with Crippen LogP contribution in [0, 0.1) is 18.7 Å². The zero-order chi connectivity index (χ0) is 16.4. The summed E-state index contributed by atoms with van der Waals surface area (Å²) in [6, 6.07) is 4.74. The van der Waals surface area contributed by atoms with E-state index in [1.54, 1.807) is 18.0 Å². The summed E-state index contributed by atoms with van der Waals surface area (Å²) in [4.78, 5) is 15.0. The van der Waals surface area contributed by atoms with Gasteiger partial charge < -0.3 is 10.6 Å². The average molecular weight is 359 g/mol. The van der Waals surface area contributed by atoms with Crippen LogP contribution in [-0.2, 0) is 0 Å². The smallest absolute Gasteiger partial charge is 0.263 e. The van der Waals surface area contributed by atoms with E-state index in [1.165, 1.54) is 23.5 Å². The number of carbonyl (C=O) groups excluding carboxylic acids is 1. The zero-order valence-electron chi connectivity index (χ0n) is 13.9. The van der Waals surface area contributed by atoms with Crippen molar-refractivity contribution >= 4 is 39.7 Å². The van der Waals surface area contributed by atoms with Crippen molar-refractivity contribution in [2.75, 3.05) is 13.6 Å². The van der Waals surface area contributed by atoms with Gasteiger partial charge in [0.2, 0.25) is 0 Å². The number of benzene rings is 1. The Hall–Kier alpha value is -1.17. The van der Waals surface area contributed by atoms with Gasteiger partial charge in [0.1, 0.15) is 5.82 Å². The van der Waals surface area contributed by atoms with E-state index in [4.69, 9.17) is 5.73 Å². The number of amides is 1. The van der Waals surface area contributed by atoms with E-state index in [9.17, 15) is 9.18 Å². The van der Waals surface area contributed by atoms with Crippen molar-refractivity contribution in [1.29, 1.82) is 0 Å². The summed E-state index contributed by atoms with van der Waals surface area (Å²) in [5.74, 6) is 0.108. The second-order valence-corrected chi connectivity index (χ2v) is 7.17. The van der Waals surface area contributed by atoms with Gasteiger partial charge in [-0.15, -0.1) is 23.7 Å². The van der Waals surface area contributed by atoms with Gasteiger partial charge in [-0.3, -0.25) is 4.79 Å². The number of halogens is 2. The van der Waals surface area contributed by atoms with Gasteiger partial charge in [-0.1, -0.05) is 13.8 Å². The fourth-order valence-corrected chi connectivity index (χ4v) is 3.53. The van der Waals surface area contributed by atoms with Crippen molar-refractivity contribution in [1.82, 2.24) is 4.90 Å². The molecule has 1 heterocycles. The molecule has 0 bridgehead atoms. The third kappa shape index (κ3) is 4.43. The quantitative estimate of drug-likeness (QED) is 0.869. The molecule has 0 aliphatic heterocycles. The number of carbonyl (C=O) groups is 1. The van der Waals surface area contributed by atoms with Gasteiger partial charge in [0.05, 0.1) is 4.88 Å². The summed E-state index contributed by atoms with van der Waals surface area (Å²) >= 11 is 1.42. The zero-order valence-corrected chi connectivity index (χ0v) is 15.6. The normalized spacial score (nSPS) is 12.3. The standard InChI is InChI=1S/C17H23FN2OS.ClH/c1-10(2)14(19)7-8-20(4)17(21)16-11(3)13-9-12(18)5-6-15(13)22-16;/h5-6,9-10,14H,7-8,19H2,1-4H3;1H. The second kappa shape index (κ2) is 8.08. The minimum Gasteiger partial charge on any atom is -0.341 e. The largest absolute Gasteiger partial charge is 0.341 e. The van der Waals surface area contributed by atoms with Crippen molar-refractivity contribution in [2.45, 2.75) is 33.2 Å². The van der Waals surface area contributed by atoms with Gasteiger partial charge in [0.25, 0.3) is 5.91 Å².